The van der Waals surface area contributed by atoms with E-state index in [1.807, 2.05) is 42.5 Å². The number of carbonyl (C=O) groups excluding carboxylic acids is 2. The lowest BCUT2D eigenvalue weighted by Gasteiger charge is -2.32. The normalized spacial score (nSPS) is 11.3. The van der Waals surface area contributed by atoms with E-state index < -0.39 is 17.8 Å². The van der Waals surface area contributed by atoms with Gasteiger partial charge in [-0.2, -0.15) is 0 Å². The van der Waals surface area contributed by atoms with E-state index in [1.54, 1.807) is 56.7 Å². The summed E-state index contributed by atoms with van der Waals surface area (Å²) in [6.45, 7) is 0.132. The maximum atomic E-state index is 14.4. The van der Waals surface area contributed by atoms with Gasteiger partial charge in [0.15, 0.2) is 0 Å². The van der Waals surface area contributed by atoms with Crippen LogP contribution in [0.15, 0.2) is 103 Å². The predicted molar refractivity (Wildman–Crippen MR) is 144 cm³/mol. The number of hydrogen-bond donors (Lipinski definition) is 1. The topological polar surface area (TPSA) is 67.9 Å². The molecule has 0 aliphatic carbocycles. The van der Waals surface area contributed by atoms with E-state index in [1.165, 1.54) is 23.1 Å². The minimum absolute atomic E-state index is 0.0820. The monoisotopic (exact) mass is 512 g/mol. The first-order valence-electron chi connectivity index (χ1n) is 12.1. The Hall–Kier alpha value is -4.65. The van der Waals surface area contributed by atoms with Crippen LogP contribution in [0.5, 0.6) is 11.5 Å². The summed E-state index contributed by atoms with van der Waals surface area (Å²) in [6.07, 6.45) is 0.0820. The number of methoxy groups -OCH3 is 2. The van der Waals surface area contributed by atoms with Gasteiger partial charge in [0, 0.05) is 12.2 Å². The standard InChI is InChI=1S/C31H29FN2O4/c1-37-27-15-11-23(12-16-27)21-34(29(35)19-22-7-4-3-5-8-22)30(24-9-6-10-25(32)20-24)31(36)33-26-13-17-28(38-2)18-14-26/h3-18,20,30H,19,21H2,1-2H3,(H,33,36). The number of ether oxygens (including phenoxy) is 2. The van der Waals surface area contributed by atoms with E-state index in [0.29, 0.717) is 22.7 Å². The van der Waals surface area contributed by atoms with Gasteiger partial charge in [-0.3, -0.25) is 9.59 Å². The third-order valence-electron chi connectivity index (χ3n) is 6.11. The quantitative estimate of drug-likeness (QED) is 0.292. The van der Waals surface area contributed by atoms with E-state index in [-0.39, 0.29) is 18.9 Å². The van der Waals surface area contributed by atoms with Crippen LogP contribution in [0.2, 0.25) is 0 Å². The number of nitrogens with one attached hydrogen (secondary N) is 1. The molecule has 1 unspecified atom stereocenters. The number of rotatable bonds is 10. The Balaban J connectivity index is 1.73. The fourth-order valence-corrected chi connectivity index (χ4v) is 4.16. The number of nitrogens with zero attached hydrogens (tertiary/aromatic N) is 1. The highest BCUT2D eigenvalue weighted by molar-refractivity contribution is 5.98. The number of hydrogen-bond acceptors (Lipinski definition) is 4. The summed E-state index contributed by atoms with van der Waals surface area (Å²) in [5.41, 5.74) is 2.50. The predicted octanol–water partition coefficient (Wildman–Crippen LogP) is 5.79. The summed E-state index contributed by atoms with van der Waals surface area (Å²) >= 11 is 0. The molecule has 0 aliphatic heterocycles. The average Bonchev–Trinajstić information content (AvgIpc) is 2.94. The molecule has 4 aromatic rings. The zero-order chi connectivity index (χ0) is 26.9. The van der Waals surface area contributed by atoms with E-state index >= 15 is 0 Å². The van der Waals surface area contributed by atoms with Crippen LogP contribution >= 0.6 is 0 Å². The molecule has 0 aliphatic rings. The molecular formula is C31H29FN2O4. The van der Waals surface area contributed by atoms with Crippen molar-refractivity contribution in [1.29, 1.82) is 0 Å². The van der Waals surface area contributed by atoms with Crippen LogP contribution in [0, 0.1) is 5.82 Å². The van der Waals surface area contributed by atoms with Crippen LogP contribution in [0.4, 0.5) is 10.1 Å². The van der Waals surface area contributed by atoms with Crippen LogP contribution in [0.1, 0.15) is 22.7 Å². The molecule has 4 aromatic carbocycles. The molecule has 0 radical (unpaired) electrons. The molecule has 194 valence electrons. The minimum Gasteiger partial charge on any atom is -0.497 e. The van der Waals surface area contributed by atoms with Gasteiger partial charge in [0.1, 0.15) is 23.4 Å². The van der Waals surface area contributed by atoms with Crippen LogP contribution < -0.4 is 14.8 Å². The van der Waals surface area contributed by atoms with Crippen molar-refractivity contribution >= 4 is 17.5 Å². The molecule has 0 spiro atoms. The highest BCUT2D eigenvalue weighted by Crippen LogP contribution is 2.28. The Morgan fingerprint density at radius 1 is 0.789 bits per heavy atom. The molecule has 0 heterocycles. The number of anilines is 1. The van der Waals surface area contributed by atoms with Gasteiger partial charge < -0.3 is 19.7 Å². The van der Waals surface area contributed by atoms with Crippen molar-refractivity contribution < 1.29 is 23.5 Å². The molecule has 2 amide bonds. The third kappa shape index (κ3) is 6.76. The maximum Gasteiger partial charge on any atom is 0.251 e. The first-order chi connectivity index (χ1) is 18.5. The smallest absolute Gasteiger partial charge is 0.251 e. The summed E-state index contributed by atoms with van der Waals surface area (Å²) in [7, 11) is 3.14. The van der Waals surface area contributed by atoms with Gasteiger partial charge >= 0.3 is 0 Å². The maximum absolute atomic E-state index is 14.4. The zero-order valence-corrected chi connectivity index (χ0v) is 21.3. The average molecular weight is 513 g/mol. The Bertz CT molecular complexity index is 1360. The second-order valence-electron chi connectivity index (χ2n) is 8.71. The second kappa shape index (κ2) is 12.5. The summed E-state index contributed by atoms with van der Waals surface area (Å²) in [5, 5.41) is 2.88. The first-order valence-corrected chi connectivity index (χ1v) is 12.1. The van der Waals surface area contributed by atoms with Crippen molar-refractivity contribution in [1.82, 2.24) is 4.90 Å². The molecule has 0 saturated carbocycles. The SMILES string of the molecule is COc1ccc(CN(C(=O)Cc2ccccc2)C(C(=O)Nc2ccc(OC)cc2)c2cccc(F)c2)cc1. The summed E-state index contributed by atoms with van der Waals surface area (Å²) in [5.74, 6) is 0.0881. The molecule has 4 rings (SSSR count). The lowest BCUT2D eigenvalue weighted by atomic mass is 10.0. The highest BCUT2D eigenvalue weighted by atomic mass is 19.1. The molecule has 1 N–H and O–H groups in total. The Morgan fingerprint density at radius 3 is 2.03 bits per heavy atom. The molecule has 0 saturated heterocycles. The molecule has 1 atom stereocenters. The highest BCUT2D eigenvalue weighted by Gasteiger charge is 2.32. The molecule has 0 aromatic heterocycles. The summed E-state index contributed by atoms with van der Waals surface area (Å²) < 4.78 is 24.8. The van der Waals surface area contributed by atoms with Gasteiger partial charge in [-0.1, -0.05) is 54.6 Å². The second-order valence-corrected chi connectivity index (χ2v) is 8.71. The van der Waals surface area contributed by atoms with E-state index in [4.69, 9.17) is 9.47 Å². The molecule has 6 nitrogen and oxygen atoms in total. The van der Waals surface area contributed by atoms with Crippen molar-refractivity contribution in [3.05, 3.63) is 126 Å². The summed E-state index contributed by atoms with van der Waals surface area (Å²) in [4.78, 5) is 29.1. The van der Waals surface area contributed by atoms with Crippen LogP contribution in [-0.4, -0.2) is 30.9 Å². The fourth-order valence-electron chi connectivity index (χ4n) is 4.16. The van der Waals surface area contributed by atoms with E-state index in [2.05, 4.69) is 5.32 Å². The van der Waals surface area contributed by atoms with E-state index in [9.17, 15) is 14.0 Å². The Kier molecular flexibility index (Phi) is 8.72. The molecular weight excluding hydrogens is 483 g/mol. The molecule has 0 fully saturated rings. The first kappa shape index (κ1) is 26.4. The van der Waals surface area contributed by atoms with Crippen molar-refractivity contribution in [2.45, 2.75) is 19.0 Å². The molecule has 0 bridgehead atoms. The van der Waals surface area contributed by atoms with Gasteiger partial charge in [0.05, 0.1) is 20.6 Å². The fraction of sp³-hybridized carbons (Fsp3) is 0.161. The van der Waals surface area contributed by atoms with Crippen molar-refractivity contribution in [2.24, 2.45) is 0 Å². The Morgan fingerprint density at radius 2 is 1.42 bits per heavy atom. The zero-order valence-electron chi connectivity index (χ0n) is 21.3. The van der Waals surface area contributed by atoms with Gasteiger partial charge in [-0.05, 0) is 65.2 Å². The lowest BCUT2D eigenvalue weighted by Crippen LogP contribution is -2.41. The van der Waals surface area contributed by atoms with Gasteiger partial charge in [0.25, 0.3) is 5.91 Å². The number of halogens is 1. The lowest BCUT2D eigenvalue weighted by molar-refractivity contribution is -0.139. The number of amides is 2. The van der Waals surface area contributed by atoms with Gasteiger partial charge in [-0.25, -0.2) is 4.39 Å². The largest absolute Gasteiger partial charge is 0.497 e. The van der Waals surface area contributed by atoms with Crippen molar-refractivity contribution in [2.75, 3.05) is 19.5 Å². The van der Waals surface area contributed by atoms with Crippen LogP contribution in [-0.2, 0) is 22.6 Å². The van der Waals surface area contributed by atoms with Gasteiger partial charge in [-0.15, -0.1) is 0 Å². The Labute approximate surface area is 221 Å². The minimum atomic E-state index is -1.09. The molecule has 38 heavy (non-hydrogen) atoms. The van der Waals surface area contributed by atoms with Crippen LogP contribution in [0.25, 0.3) is 0 Å². The van der Waals surface area contributed by atoms with Gasteiger partial charge in [0.2, 0.25) is 5.91 Å². The van der Waals surface area contributed by atoms with Crippen molar-refractivity contribution in [3.8, 4) is 11.5 Å². The van der Waals surface area contributed by atoms with Crippen molar-refractivity contribution in [3.63, 3.8) is 0 Å². The third-order valence-corrected chi connectivity index (χ3v) is 6.11. The number of benzene rings is 4. The summed E-state index contributed by atoms with van der Waals surface area (Å²) in [6, 6.07) is 28.1. The number of carbonyl (C=O) groups is 2. The molecule has 7 heteroatoms. The van der Waals surface area contributed by atoms with Crippen LogP contribution in [0.3, 0.4) is 0 Å². The van der Waals surface area contributed by atoms with E-state index in [0.717, 1.165) is 11.1 Å².